The van der Waals surface area contributed by atoms with Crippen LogP contribution >= 0.6 is 23.2 Å². The van der Waals surface area contributed by atoms with E-state index in [1.54, 1.807) is 10.6 Å². The number of nitrogens with zero attached hydrogens (tertiary/aromatic N) is 2. The molecule has 1 heterocycles. The second-order valence-electron chi connectivity index (χ2n) is 4.63. The van der Waals surface area contributed by atoms with Gasteiger partial charge >= 0.3 is 0 Å². The van der Waals surface area contributed by atoms with E-state index < -0.39 is 0 Å². The summed E-state index contributed by atoms with van der Waals surface area (Å²) in [6.07, 6.45) is 0.899. The van der Waals surface area contributed by atoms with E-state index in [2.05, 4.69) is 10.3 Å². The molecule has 6 heteroatoms. The lowest BCUT2D eigenvalue weighted by molar-refractivity contribution is -0.121. The molecule has 0 saturated heterocycles. The summed E-state index contributed by atoms with van der Waals surface area (Å²) >= 11 is 12.4. The van der Waals surface area contributed by atoms with Crippen molar-refractivity contribution in [1.82, 2.24) is 14.9 Å². The second-order valence-corrected chi connectivity index (χ2v) is 5.69. The molecule has 1 unspecified atom stereocenters. The molecule has 20 heavy (non-hydrogen) atoms. The number of hydrogen-bond acceptors (Lipinski definition) is 2. The lowest BCUT2D eigenvalue weighted by Crippen LogP contribution is -2.28. The summed E-state index contributed by atoms with van der Waals surface area (Å²) in [6, 6.07) is 5.49. The van der Waals surface area contributed by atoms with Crippen LogP contribution in [0.1, 0.15) is 31.5 Å². The van der Waals surface area contributed by atoms with Gasteiger partial charge in [0, 0.05) is 6.54 Å². The minimum atomic E-state index is -0.294. The highest BCUT2D eigenvalue weighted by Crippen LogP contribution is 2.29. The Morgan fingerprint density at radius 1 is 1.50 bits per heavy atom. The molecule has 0 saturated carbocycles. The van der Waals surface area contributed by atoms with E-state index in [0.29, 0.717) is 17.4 Å². The number of hydrogen-bond donors (Lipinski definition) is 1. The smallest absolute Gasteiger partial charge is 0.240 e. The van der Waals surface area contributed by atoms with Crippen molar-refractivity contribution >= 4 is 40.1 Å². The average Bonchev–Trinajstić information content (AvgIpc) is 2.77. The van der Waals surface area contributed by atoms with Crippen molar-refractivity contribution in [3.8, 4) is 0 Å². The maximum atomic E-state index is 12.0. The monoisotopic (exact) mass is 313 g/mol. The summed E-state index contributed by atoms with van der Waals surface area (Å²) in [5.41, 5.74) is 1.51. The maximum absolute atomic E-state index is 12.0. The van der Waals surface area contributed by atoms with Crippen LogP contribution in [0.25, 0.3) is 11.0 Å². The predicted octanol–water partition coefficient (Wildman–Crippen LogP) is 3.52. The van der Waals surface area contributed by atoms with Gasteiger partial charge in [-0.2, -0.15) is 0 Å². The highest BCUT2D eigenvalue weighted by Gasteiger charge is 2.18. The van der Waals surface area contributed by atoms with Crippen LogP contribution in [0.4, 0.5) is 0 Å². The van der Waals surface area contributed by atoms with Gasteiger partial charge in [0.05, 0.1) is 21.4 Å². The van der Waals surface area contributed by atoms with E-state index in [1.807, 2.05) is 26.0 Å². The number of alkyl halides is 1. The quantitative estimate of drug-likeness (QED) is 0.859. The van der Waals surface area contributed by atoms with Gasteiger partial charge in [0.15, 0.2) is 0 Å². The molecule has 0 spiro atoms. The molecule has 1 atom stereocenters. The van der Waals surface area contributed by atoms with Gasteiger partial charge in [0.2, 0.25) is 5.91 Å². The lowest BCUT2D eigenvalue weighted by atomic mass is 10.3. The van der Waals surface area contributed by atoms with Crippen LogP contribution in [-0.4, -0.2) is 22.0 Å². The largest absolute Gasteiger partial charge is 0.355 e. The molecule has 0 aliphatic rings. The van der Waals surface area contributed by atoms with E-state index in [-0.39, 0.29) is 17.8 Å². The van der Waals surface area contributed by atoms with Crippen molar-refractivity contribution in [1.29, 1.82) is 0 Å². The number of fused-ring (bicyclic) bond motifs is 1. The van der Waals surface area contributed by atoms with Gasteiger partial charge in [-0.1, -0.05) is 24.6 Å². The third-order valence-corrected chi connectivity index (χ3v) is 3.48. The van der Waals surface area contributed by atoms with Crippen molar-refractivity contribution < 1.29 is 4.79 Å². The molecule has 1 amide bonds. The summed E-state index contributed by atoms with van der Waals surface area (Å²) in [5, 5.41) is 3.12. The summed E-state index contributed by atoms with van der Waals surface area (Å²) in [7, 11) is 0. The van der Waals surface area contributed by atoms with Crippen LogP contribution < -0.4 is 5.32 Å². The summed E-state index contributed by atoms with van der Waals surface area (Å²) in [6.45, 7) is 4.67. The molecule has 1 N–H and O–H groups in total. The Labute approximate surface area is 128 Å². The number of nitrogens with one attached hydrogen (secondary N) is 1. The number of rotatable bonds is 5. The molecule has 0 radical (unpaired) electrons. The Kier molecular flexibility index (Phi) is 4.89. The van der Waals surface area contributed by atoms with Crippen molar-refractivity contribution in [2.45, 2.75) is 32.2 Å². The molecule has 0 bridgehead atoms. The van der Waals surface area contributed by atoms with Crippen LogP contribution in [0, 0.1) is 0 Å². The zero-order valence-corrected chi connectivity index (χ0v) is 13.0. The van der Waals surface area contributed by atoms with Gasteiger partial charge in [0.1, 0.15) is 12.4 Å². The van der Waals surface area contributed by atoms with Crippen molar-refractivity contribution in [3.05, 3.63) is 29.0 Å². The first-order chi connectivity index (χ1) is 9.54. The first-order valence-electron chi connectivity index (χ1n) is 6.60. The standard InChI is InChI=1S/C14H17Cl2N3O/c1-3-7-17-12(20)8-19-13-10(16)5-4-6-11(13)18-14(19)9(2)15/h4-6,9H,3,7-8H2,1-2H3,(H,17,20). The number of carbonyl (C=O) groups is 1. The van der Waals surface area contributed by atoms with Crippen LogP contribution in [0.3, 0.4) is 0 Å². The van der Waals surface area contributed by atoms with Gasteiger partial charge in [0.25, 0.3) is 0 Å². The van der Waals surface area contributed by atoms with Crippen LogP contribution in [0.15, 0.2) is 18.2 Å². The predicted molar refractivity (Wildman–Crippen MR) is 82.3 cm³/mol. The number of aromatic nitrogens is 2. The Bertz CT molecular complexity index is 622. The third-order valence-electron chi connectivity index (χ3n) is 2.98. The number of carbonyl (C=O) groups excluding carboxylic acids is 1. The Morgan fingerprint density at radius 3 is 2.90 bits per heavy atom. The summed E-state index contributed by atoms with van der Waals surface area (Å²) in [4.78, 5) is 16.4. The molecule has 0 fully saturated rings. The van der Waals surface area contributed by atoms with Crippen molar-refractivity contribution in [2.24, 2.45) is 0 Å². The van der Waals surface area contributed by atoms with E-state index in [4.69, 9.17) is 23.2 Å². The van der Waals surface area contributed by atoms with E-state index in [9.17, 15) is 4.79 Å². The Hall–Kier alpha value is -1.26. The molecule has 1 aromatic heterocycles. The molecule has 0 aliphatic carbocycles. The van der Waals surface area contributed by atoms with Gasteiger partial charge in [-0.25, -0.2) is 4.98 Å². The second kappa shape index (κ2) is 6.46. The number of imidazole rings is 1. The van der Waals surface area contributed by atoms with Gasteiger partial charge < -0.3 is 9.88 Å². The Balaban J connectivity index is 2.43. The van der Waals surface area contributed by atoms with Gasteiger partial charge in [-0.15, -0.1) is 11.6 Å². The third kappa shape index (κ3) is 3.07. The SMILES string of the molecule is CCCNC(=O)Cn1c(C(C)Cl)nc2cccc(Cl)c21. The first kappa shape index (κ1) is 15.1. The summed E-state index contributed by atoms with van der Waals surface area (Å²) in [5.74, 6) is 0.589. The minimum absolute atomic E-state index is 0.0652. The topological polar surface area (TPSA) is 46.9 Å². The highest BCUT2D eigenvalue weighted by molar-refractivity contribution is 6.35. The highest BCUT2D eigenvalue weighted by atomic mass is 35.5. The first-order valence-corrected chi connectivity index (χ1v) is 7.41. The molecule has 0 aliphatic heterocycles. The van der Waals surface area contributed by atoms with Crippen molar-refractivity contribution in [3.63, 3.8) is 0 Å². The molecule has 1 aromatic carbocycles. The zero-order valence-electron chi connectivity index (χ0n) is 11.5. The maximum Gasteiger partial charge on any atom is 0.240 e. The van der Waals surface area contributed by atoms with Crippen molar-refractivity contribution in [2.75, 3.05) is 6.54 Å². The molecule has 2 aromatic rings. The van der Waals surface area contributed by atoms with Crippen LogP contribution in [0.5, 0.6) is 0 Å². The molecular formula is C14H17Cl2N3O. The lowest BCUT2D eigenvalue weighted by Gasteiger charge is -2.11. The molecular weight excluding hydrogens is 297 g/mol. The van der Waals surface area contributed by atoms with Crippen LogP contribution in [0.2, 0.25) is 5.02 Å². The number of halogens is 2. The fourth-order valence-corrected chi connectivity index (χ4v) is 2.53. The Morgan fingerprint density at radius 2 is 2.25 bits per heavy atom. The number of benzene rings is 1. The van der Waals surface area contributed by atoms with E-state index >= 15 is 0 Å². The molecule has 4 nitrogen and oxygen atoms in total. The fraction of sp³-hybridized carbons (Fsp3) is 0.429. The minimum Gasteiger partial charge on any atom is -0.355 e. The number of amides is 1. The van der Waals surface area contributed by atoms with E-state index in [1.165, 1.54) is 0 Å². The van der Waals surface area contributed by atoms with E-state index in [0.717, 1.165) is 17.5 Å². The molecule has 108 valence electrons. The summed E-state index contributed by atoms with van der Waals surface area (Å²) < 4.78 is 1.79. The number of para-hydroxylation sites is 1. The van der Waals surface area contributed by atoms with Gasteiger partial charge in [-0.3, -0.25) is 4.79 Å². The van der Waals surface area contributed by atoms with Gasteiger partial charge in [-0.05, 0) is 25.5 Å². The average molecular weight is 314 g/mol. The zero-order chi connectivity index (χ0) is 14.7. The fourth-order valence-electron chi connectivity index (χ4n) is 2.09. The molecule has 2 rings (SSSR count). The van der Waals surface area contributed by atoms with Crippen LogP contribution in [-0.2, 0) is 11.3 Å². The normalized spacial score (nSPS) is 12.6.